The van der Waals surface area contributed by atoms with Crippen LogP contribution in [0.1, 0.15) is 38.3 Å². The third kappa shape index (κ3) is 3.20. The Labute approximate surface area is 113 Å². The minimum absolute atomic E-state index is 0.130. The first-order valence-electron chi connectivity index (χ1n) is 6.65. The molecule has 0 bridgehead atoms. The zero-order chi connectivity index (χ0) is 13.8. The first-order chi connectivity index (χ1) is 9.09. The van der Waals surface area contributed by atoms with Crippen molar-refractivity contribution in [1.82, 2.24) is 29.6 Å². The minimum atomic E-state index is 0.130. The van der Waals surface area contributed by atoms with Crippen LogP contribution >= 0.6 is 0 Å². The van der Waals surface area contributed by atoms with Crippen LogP contribution in [0.5, 0.6) is 0 Å². The fourth-order valence-electron chi connectivity index (χ4n) is 2.10. The second-order valence-electron chi connectivity index (χ2n) is 5.29. The summed E-state index contributed by atoms with van der Waals surface area (Å²) in [7, 11) is 1.96. The van der Waals surface area contributed by atoms with Crippen molar-refractivity contribution in [2.24, 2.45) is 13.0 Å². The fraction of sp³-hybridized carbons (Fsp3) is 0.615. The normalized spacial score (nSPS) is 13.1. The predicted molar refractivity (Wildman–Crippen MR) is 73.6 cm³/mol. The van der Waals surface area contributed by atoms with Crippen molar-refractivity contribution >= 4 is 0 Å². The molecule has 0 spiro atoms. The number of nitrogens with zero attached hydrogens (tertiary/aromatic N) is 5. The zero-order valence-corrected chi connectivity index (χ0v) is 12.0. The highest BCUT2D eigenvalue weighted by Gasteiger charge is 2.15. The van der Waals surface area contributed by atoms with E-state index in [1.807, 2.05) is 24.1 Å². The molecule has 6 nitrogen and oxygen atoms in total. The summed E-state index contributed by atoms with van der Waals surface area (Å²) in [5, 5.41) is 11.5. The maximum Gasteiger partial charge on any atom is 0.155 e. The molecular weight excluding hydrogens is 240 g/mol. The van der Waals surface area contributed by atoms with Gasteiger partial charge in [0.2, 0.25) is 0 Å². The number of rotatable bonds is 6. The van der Waals surface area contributed by atoms with Gasteiger partial charge < -0.3 is 14.5 Å². The SMILES string of the molecule is CC(C)CNCc1cncn1C(C)c1nncn1C. The van der Waals surface area contributed by atoms with E-state index in [9.17, 15) is 0 Å². The second kappa shape index (κ2) is 5.97. The van der Waals surface area contributed by atoms with Crippen LogP contribution in [0.4, 0.5) is 0 Å². The molecule has 1 N–H and O–H groups in total. The average Bonchev–Trinajstić information content (AvgIpc) is 2.97. The number of hydrogen-bond donors (Lipinski definition) is 1. The standard InChI is InChI=1S/C13H22N6/c1-10(2)5-14-6-12-7-15-8-19(12)11(3)13-17-16-9-18(13)4/h7-11,14H,5-6H2,1-4H3. The Hall–Kier alpha value is -1.69. The van der Waals surface area contributed by atoms with E-state index in [-0.39, 0.29) is 6.04 Å². The van der Waals surface area contributed by atoms with E-state index in [1.165, 1.54) is 0 Å². The Kier molecular flexibility index (Phi) is 4.31. The molecule has 0 fully saturated rings. The summed E-state index contributed by atoms with van der Waals surface area (Å²) in [4.78, 5) is 4.25. The highest BCUT2D eigenvalue weighted by atomic mass is 15.3. The Morgan fingerprint density at radius 1 is 1.26 bits per heavy atom. The smallest absolute Gasteiger partial charge is 0.155 e. The van der Waals surface area contributed by atoms with Crippen LogP contribution in [0.3, 0.4) is 0 Å². The summed E-state index contributed by atoms with van der Waals surface area (Å²) in [6, 6.07) is 0.130. The van der Waals surface area contributed by atoms with Gasteiger partial charge in [-0.1, -0.05) is 13.8 Å². The van der Waals surface area contributed by atoms with Gasteiger partial charge in [0.05, 0.1) is 18.1 Å². The number of hydrogen-bond acceptors (Lipinski definition) is 4. The maximum atomic E-state index is 4.25. The Morgan fingerprint density at radius 3 is 2.68 bits per heavy atom. The van der Waals surface area contributed by atoms with Gasteiger partial charge in [0.25, 0.3) is 0 Å². The zero-order valence-electron chi connectivity index (χ0n) is 12.0. The van der Waals surface area contributed by atoms with Crippen molar-refractivity contribution in [3.63, 3.8) is 0 Å². The first-order valence-corrected chi connectivity index (χ1v) is 6.65. The molecule has 0 saturated carbocycles. The van der Waals surface area contributed by atoms with E-state index in [0.717, 1.165) is 24.6 Å². The topological polar surface area (TPSA) is 60.6 Å². The molecule has 2 heterocycles. The summed E-state index contributed by atoms with van der Waals surface area (Å²) in [6.45, 7) is 8.33. The first kappa shape index (κ1) is 13.7. The molecule has 19 heavy (non-hydrogen) atoms. The number of aromatic nitrogens is 5. The van der Waals surface area contributed by atoms with E-state index in [2.05, 4.69) is 45.8 Å². The van der Waals surface area contributed by atoms with Crippen LogP contribution in [0.15, 0.2) is 18.9 Å². The van der Waals surface area contributed by atoms with Crippen LogP contribution in [-0.2, 0) is 13.6 Å². The van der Waals surface area contributed by atoms with Crippen LogP contribution in [0, 0.1) is 5.92 Å². The highest BCUT2D eigenvalue weighted by molar-refractivity contribution is 5.05. The van der Waals surface area contributed by atoms with E-state index >= 15 is 0 Å². The van der Waals surface area contributed by atoms with Gasteiger partial charge >= 0.3 is 0 Å². The van der Waals surface area contributed by atoms with Gasteiger partial charge in [0.15, 0.2) is 5.82 Å². The molecule has 2 aromatic heterocycles. The average molecular weight is 262 g/mol. The number of aryl methyl sites for hydroxylation is 1. The van der Waals surface area contributed by atoms with Gasteiger partial charge in [-0.3, -0.25) is 0 Å². The lowest BCUT2D eigenvalue weighted by atomic mass is 10.2. The molecule has 6 heteroatoms. The van der Waals surface area contributed by atoms with Crippen molar-refractivity contribution in [3.8, 4) is 0 Å². The molecule has 0 aliphatic heterocycles. The largest absolute Gasteiger partial charge is 0.323 e. The van der Waals surface area contributed by atoms with Gasteiger partial charge in [-0.2, -0.15) is 0 Å². The van der Waals surface area contributed by atoms with Crippen LogP contribution in [-0.4, -0.2) is 30.9 Å². The molecule has 104 valence electrons. The second-order valence-corrected chi connectivity index (χ2v) is 5.29. The van der Waals surface area contributed by atoms with Crippen molar-refractivity contribution < 1.29 is 0 Å². The molecule has 0 amide bonds. The van der Waals surface area contributed by atoms with E-state index in [1.54, 1.807) is 6.33 Å². The molecule has 2 rings (SSSR count). The third-order valence-electron chi connectivity index (χ3n) is 3.14. The Balaban J connectivity index is 2.09. The van der Waals surface area contributed by atoms with E-state index < -0.39 is 0 Å². The molecule has 1 unspecified atom stereocenters. The third-order valence-corrected chi connectivity index (χ3v) is 3.14. The lowest BCUT2D eigenvalue weighted by Crippen LogP contribution is -2.22. The quantitative estimate of drug-likeness (QED) is 0.854. The monoisotopic (exact) mass is 262 g/mol. The summed E-state index contributed by atoms with van der Waals surface area (Å²) >= 11 is 0. The molecule has 2 aromatic rings. The summed E-state index contributed by atoms with van der Waals surface area (Å²) in [5.74, 6) is 1.58. The van der Waals surface area contributed by atoms with Crippen molar-refractivity contribution in [3.05, 3.63) is 30.4 Å². The molecule has 0 aliphatic carbocycles. The van der Waals surface area contributed by atoms with Gasteiger partial charge in [0, 0.05) is 19.8 Å². The predicted octanol–water partition coefficient (Wildman–Crippen LogP) is 1.37. The lowest BCUT2D eigenvalue weighted by Gasteiger charge is -2.16. The van der Waals surface area contributed by atoms with Crippen molar-refractivity contribution in [1.29, 1.82) is 0 Å². The Bertz CT molecular complexity index is 513. The minimum Gasteiger partial charge on any atom is -0.323 e. The lowest BCUT2D eigenvalue weighted by molar-refractivity contribution is 0.511. The van der Waals surface area contributed by atoms with E-state index in [4.69, 9.17) is 0 Å². The summed E-state index contributed by atoms with van der Waals surface area (Å²) < 4.78 is 4.08. The molecule has 0 aliphatic rings. The fourth-order valence-corrected chi connectivity index (χ4v) is 2.10. The van der Waals surface area contributed by atoms with Crippen molar-refractivity contribution in [2.75, 3.05) is 6.54 Å². The van der Waals surface area contributed by atoms with Gasteiger partial charge in [-0.05, 0) is 19.4 Å². The molecule has 0 saturated heterocycles. The van der Waals surface area contributed by atoms with Gasteiger partial charge in [0.1, 0.15) is 6.33 Å². The molecular formula is C13H22N6. The molecule has 0 aromatic carbocycles. The molecule has 0 radical (unpaired) electrons. The van der Waals surface area contributed by atoms with E-state index in [0.29, 0.717) is 5.92 Å². The maximum absolute atomic E-state index is 4.25. The van der Waals surface area contributed by atoms with Crippen LogP contribution in [0.2, 0.25) is 0 Å². The van der Waals surface area contributed by atoms with Crippen LogP contribution < -0.4 is 5.32 Å². The summed E-state index contributed by atoms with van der Waals surface area (Å²) in [5.41, 5.74) is 1.16. The van der Waals surface area contributed by atoms with Gasteiger partial charge in [-0.25, -0.2) is 4.98 Å². The van der Waals surface area contributed by atoms with Crippen LogP contribution in [0.25, 0.3) is 0 Å². The summed E-state index contributed by atoms with van der Waals surface area (Å²) in [6.07, 6.45) is 5.48. The highest BCUT2D eigenvalue weighted by Crippen LogP contribution is 2.16. The molecule has 1 atom stereocenters. The van der Waals surface area contributed by atoms with Crippen molar-refractivity contribution in [2.45, 2.75) is 33.4 Å². The van der Waals surface area contributed by atoms with Gasteiger partial charge in [-0.15, -0.1) is 10.2 Å². The number of imidazole rings is 1. The number of nitrogens with one attached hydrogen (secondary N) is 1. The Morgan fingerprint density at radius 2 is 2.05 bits per heavy atom.